The lowest BCUT2D eigenvalue weighted by atomic mass is 10.0. The molecule has 0 spiro atoms. The lowest BCUT2D eigenvalue weighted by Crippen LogP contribution is -2.13. The molecule has 1 unspecified atom stereocenters. The third kappa shape index (κ3) is 3.00. The van der Waals surface area contributed by atoms with Crippen LogP contribution in [-0.4, -0.2) is 16.3 Å². The van der Waals surface area contributed by atoms with Gasteiger partial charge in [0, 0.05) is 23.6 Å². The Balaban J connectivity index is 1.65. The van der Waals surface area contributed by atoms with Crippen LogP contribution in [0.15, 0.2) is 71.7 Å². The summed E-state index contributed by atoms with van der Waals surface area (Å²) in [5.41, 5.74) is 3.37. The fourth-order valence-corrected chi connectivity index (χ4v) is 3.33. The second kappa shape index (κ2) is 6.30. The highest BCUT2D eigenvalue weighted by Gasteiger charge is 2.23. The van der Waals surface area contributed by atoms with Crippen molar-refractivity contribution < 1.29 is 9.47 Å². The highest BCUT2D eigenvalue weighted by atomic mass is 32.1. The standard InChI is InChI=1S/C18H16N2O2S/c1-2-4-14(5-3-1)8-17(18-10-21-13-22-18)20-9-16(19-12-20)15-6-7-23-11-15/h1-7,9-12,17H,8,13H2. The van der Waals surface area contributed by atoms with Crippen molar-refractivity contribution >= 4 is 11.3 Å². The summed E-state index contributed by atoms with van der Waals surface area (Å²) in [4.78, 5) is 4.54. The lowest BCUT2D eigenvalue weighted by Gasteiger charge is -2.18. The minimum atomic E-state index is 0.0415. The number of hydrogen-bond acceptors (Lipinski definition) is 4. The summed E-state index contributed by atoms with van der Waals surface area (Å²) in [5, 5.41) is 4.17. The molecule has 0 fully saturated rings. The molecule has 1 aliphatic heterocycles. The fourth-order valence-electron chi connectivity index (χ4n) is 2.68. The Morgan fingerprint density at radius 3 is 2.87 bits per heavy atom. The van der Waals surface area contributed by atoms with Gasteiger partial charge in [0.1, 0.15) is 6.26 Å². The SMILES string of the molecule is C1=C(C(Cc2ccccc2)n2cnc(-c3ccsc3)c2)OCO1. The van der Waals surface area contributed by atoms with Gasteiger partial charge in [-0.3, -0.25) is 0 Å². The van der Waals surface area contributed by atoms with E-state index in [2.05, 4.69) is 56.8 Å². The van der Waals surface area contributed by atoms with Gasteiger partial charge in [-0.1, -0.05) is 30.3 Å². The summed E-state index contributed by atoms with van der Waals surface area (Å²) in [6.45, 7) is 0.284. The average Bonchev–Trinajstić information content (AvgIpc) is 3.35. The molecule has 4 rings (SSSR count). The van der Waals surface area contributed by atoms with Crippen molar-refractivity contribution in [3.05, 3.63) is 77.3 Å². The zero-order chi connectivity index (χ0) is 15.5. The third-order valence-electron chi connectivity index (χ3n) is 3.87. The molecule has 0 bridgehead atoms. The van der Waals surface area contributed by atoms with Crippen LogP contribution in [0.1, 0.15) is 11.6 Å². The second-order valence-electron chi connectivity index (χ2n) is 5.37. The molecule has 5 heteroatoms. The first-order valence-corrected chi connectivity index (χ1v) is 8.39. The zero-order valence-electron chi connectivity index (χ0n) is 12.5. The molecule has 1 atom stereocenters. The minimum absolute atomic E-state index is 0.0415. The van der Waals surface area contributed by atoms with Crippen molar-refractivity contribution in [3.8, 4) is 11.3 Å². The Kier molecular flexibility index (Phi) is 3.86. The third-order valence-corrected chi connectivity index (χ3v) is 4.55. The van der Waals surface area contributed by atoms with Crippen LogP contribution >= 0.6 is 11.3 Å². The van der Waals surface area contributed by atoms with E-state index >= 15 is 0 Å². The Bertz CT molecular complexity index is 794. The van der Waals surface area contributed by atoms with Gasteiger partial charge in [-0.25, -0.2) is 4.98 Å². The van der Waals surface area contributed by atoms with Crippen molar-refractivity contribution in [3.63, 3.8) is 0 Å². The van der Waals surface area contributed by atoms with E-state index in [4.69, 9.17) is 9.47 Å². The molecule has 0 amide bonds. The van der Waals surface area contributed by atoms with Crippen LogP contribution < -0.4 is 0 Å². The first kappa shape index (κ1) is 14.1. The van der Waals surface area contributed by atoms with E-state index in [1.54, 1.807) is 17.6 Å². The van der Waals surface area contributed by atoms with E-state index in [9.17, 15) is 0 Å². The van der Waals surface area contributed by atoms with E-state index in [1.165, 1.54) is 5.56 Å². The van der Waals surface area contributed by atoms with Crippen molar-refractivity contribution in [2.24, 2.45) is 0 Å². The number of aromatic nitrogens is 2. The van der Waals surface area contributed by atoms with Crippen LogP contribution in [0, 0.1) is 0 Å². The molecule has 0 saturated heterocycles. The largest absolute Gasteiger partial charge is 0.462 e. The first-order valence-electron chi connectivity index (χ1n) is 7.44. The quantitative estimate of drug-likeness (QED) is 0.704. The predicted octanol–water partition coefficient (Wildman–Crippen LogP) is 4.24. The van der Waals surface area contributed by atoms with Gasteiger partial charge in [-0.05, 0) is 17.0 Å². The molecule has 0 saturated carbocycles. The van der Waals surface area contributed by atoms with Gasteiger partial charge in [-0.2, -0.15) is 11.3 Å². The lowest BCUT2D eigenvalue weighted by molar-refractivity contribution is 0.0712. The van der Waals surface area contributed by atoms with E-state index in [0.717, 1.165) is 23.4 Å². The van der Waals surface area contributed by atoms with Gasteiger partial charge in [0.05, 0.1) is 18.1 Å². The number of thiophene rings is 1. The number of nitrogens with zero attached hydrogens (tertiary/aromatic N) is 2. The van der Waals surface area contributed by atoms with E-state index in [-0.39, 0.29) is 12.8 Å². The van der Waals surface area contributed by atoms with Gasteiger partial charge in [0.15, 0.2) is 5.76 Å². The van der Waals surface area contributed by atoms with Gasteiger partial charge < -0.3 is 14.0 Å². The van der Waals surface area contributed by atoms with E-state index in [1.807, 2.05) is 12.4 Å². The maximum Gasteiger partial charge on any atom is 0.229 e. The van der Waals surface area contributed by atoms with Crippen LogP contribution in [0.5, 0.6) is 0 Å². The molecule has 0 N–H and O–H groups in total. The topological polar surface area (TPSA) is 36.3 Å². The van der Waals surface area contributed by atoms with Crippen LogP contribution in [0.25, 0.3) is 11.3 Å². The Labute approximate surface area is 138 Å². The number of rotatable bonds is 5. The second-order valence-corrected chi connectivity index (χ2v) is 6.15. The summed E-state index contributed by atoms with van der Waals surface area (Å²) in [5.74, 6) is 0.836. The Hall–Kier alpha value is -2.53. The number of allylic oxidation sites excluding steroid dienone is 1. The summed E-state index contributed by atoms with van der Waals surface area (Å²) < 4.78 is 13.0. The van der Waals surface area contributed by atoms with Crippen LogP contribution in [0.4, 0.5) is 0 Å². The molecule has 3 heterocycles. The predicted molar refractivity (Wildman–Crippen MR) is 89.8 cm³/mol. The number of imidazole rings is 1. The molecule has 2 aromatic heterocycles. The maximum atomic E-state index is 5.63. The monoisotopic (exact) mass is 324 g/mol. The van der Waals surface area contributed by atoms with E-state index < -0.39 is 0 Å². The highest BCUT2D eigenvalue weighted by molar-refractivity contribution is 7.08. The average molecular weight is 324 g/mol. The fraction of sp³-hybridized carbons (Fsp3) is 0.167. The van der Waals surface area contributed by atoms with Crippen molar-refractivity contribution in [1.82, 2.24) is 9.55 Å². The summed E-state index contributed by atoms with van der Waals surface area (Å²) in [6.07, 6.45) is 6.47. The Morgan fingerprint density at radius 1 is 1.22 bits per heavy atom. The molecule has 116 valence electrons. The van der Waals surface area contributed by atoms with Crippen molar-refractivity contribution in [1.29, 1.82) is 0 Å². The molecular weight excluding hydrogens is 308 g/mol. The molecule has 1 aliphatic rings. The maximum absolute atomic E-state index is 5.63. The smallest absolute Gasteiger partial charge is 0.229 e. The molecule has 23 heavy (non-hydrogen) atoms. The first-order chi connectivity index (χ1) is 11.4. The molecule has 0 radical (unpaired) electrons. The molecule has 3 aromatic rings. The molecular formula is C18H16N2O2S. The van der Waals surface area contributed by atoms with Crippen LogP contribution in [-0.2, 0) is 15.9 Å². The number of hydrogen-bond donors (Lipinski definition) is 0. The summed E-state index contributed by atoms with van der Waals surface area (Å²) in [6, 6.07) is 12.5. The van der Waals surface area contributed by atoms with E-state index in [0.29, 0.717) is 0 Å². The van der Waals surface area contributed by atoms with Crippen LogP contribution in [0.3, 0.4) is 0 Å². The van der Waals surface area contributed by atoms with Crippen LogP contribution in [0.2, 0.25) is 0 Å². The zero-order valence-corrected chi connectivity index (χ0v) is 13.3. The summed E-state index contributed by atoms with van der Waals surface area (Å²) in [7, 11) is 0. The van der Waals surface area contributed by atoms with Gasteiger partial charge in [0.2, 0.25) is 6.79 Å². The molecule has 0 aliphatic carbocycles. The normalized spacial score (nSPS) is 14.9. The van der Waals surface area contributed by atoms with Crippen molar-refractivity contribution in [2.45, 2.75) is 12.5 Å². The molecule has 4 nitrogen and oxygen atoms in total. The highest BCUT2D eigenvalue weighted by Crippen LogP contribution is 2.29. The number of ether oxygens (including phenoxy) is 2. The van der Waals surface area contributed by atoms with Gasteiger partial charge >= 0.3 is 0 Å². The number of benzene rings is 1. The molecule has 1 aromatic carbocycles. The van der Waals surface area contributed by atoms with Crippen molar-refractivity contribution in [2.75, 3.05) is 6.79 Å². The minimum Gasteiger partial charge on any atom is -0.462 e. The van der Waals surface area contributed by atoms with Gasteiger partial charge in [0.25, 0.3) is 0 Å². The Morgan fingerprint density at radius 2 is 2.13 bits per heavy atom. The van der Waals surface area contributed by atoms with Gasteiger partial charge in [-0.15, -0.1) is 0 Å². The summed E-state index contributed by atoms with van der Waals surface area (Å²) >= 11 is 1.67.